The zero-order chi connectivity index (χ0) is 14.6. The molecule has 2 aliphatic heterocycles. The van der Waals surface area contributed by atoms with Gasteiger partial charge in [-0.1, -0.05) is 12.8 Å². The van der Waals surface area contributed by atoms with Crippen molar-refractivity contribution in [1.82, 2.24) is 8.61 Å². The number of nitrogens with zero attached hydrogens (tertiary/aromatic N) is 3. The maximum absolute atomic E-state index is 12.7. The minimum Gasteiger partial charge on any atom is -0.211 e. The summed E-state index contributed by atoms with van der Waals surface area (Å²) in [6.45, 7) is 3.58. The molecule has 7 heteroatoms. The van der Waals surface area contributed by atoms with Gasteiger partial charge in [-0.15, -0.1) is 0 Å². The normalized spacial score (nSPS) is 30.4. The standard InChI is InChI=1S/C13H23N3O3S/c1-12-10-13(14-11-17)6-9-16(12)20(18,19)15-7-4-2-3-5-8-15/h12-13H,2-10H2,1H3. The third-order valence-corrected chi connectivity index (χ3v) is 6.36. The van der Waals surface area contributed by atoms with E-state index < -0.39 is 10.2 Å². The number of hydrogen-bond donors (Lipinski definition) is 0. The van der Waals surface area contributed by atoms with Crippen LogP contribution in [0.1, 0.15) is 45.4 Å². The first-order valence-electron chi connectivity index (χ1n) is 7.39. The van der Waals surface area contributed by atoms with Crippen LogP contribution < -0.4 is 0 Å². The van der Waals surface area contributed by atoms with Crippen LogP contribution in [0.15, 0.2) is 4.99 Å². The van der Waals surface area contributed by atoms with E-state index in [-0.39, 0.29) is 12.1 Å². The lowest BCUT2D eigenvalue weighted by Crippen LogP contribution is -2.51. The molecule has 2 aliphatic rings. The average Bonchev–Trinajstić information content (AvgIpc) is 2.68. The van der Waals surface area contributed by atoms with Crippen molar-refractivity contribution < 1.29 is 13.2 Å². The van der Waals surface area contributed by atoms with Crippen LogP contribution in [0, 0.1) is 0 Å². The highest BCUT2D eigenvalue weighted by Crippen LogP contribution is 2.25. The van der Waals surface area contributed by atoms with Gasteiger partial charge in [-0.05, 0) is 32.6 Å². The van der Waals surface area contributed by atoms with Gasteiger partial charge in [0.05, 0.1) is 6.04 Å². The van der Waals surface area contributed by atoms with E-state index >= 15 is 0 Å². The molecule has 2 saturated heterocycles. The van der Waals surface area contributed by atoms with Crippen LogP contribution in [-0.2, 0) is 15.0 Å². The Morgan fingerprint density at radius 3 is 2.30 bits per heavy atom. The fraction of sp³-hybridized carbons (Fsp3) is 0.923. The number of isocyanates is 1. The third kappa shape index (κ3) is 3.47. The largest absolute Gasteiger partial charge is 0.282 e. The molecule has 20 heavy (non-hydrogen) atoms. The van der Waals surface area contributed by atoms with E-state index in [1.54, 1.807) is 14.7 Å². The Labute approximate surface area is 121 Å². The van der Waals surface area contributed by atoms with Crippen LogP contribution in [0.25, 0.3) is 0 Å². The van der Waals surface area contributed by atoms with E-state index in [1.165, 1.54) is 0 Å². The van der Waals surface area contributed by atoms with Gasteiger partial charge in [0.1, 0.15) is 0 Å². The van der Waals surface area contributed by atoms with Crippen LogP contribution in [-0.4, -0.2) is 54.8 Å². The molecule has 0 aromatic rings. The Balaban J connectivity index is 2.07. The van der Waals surface area contributed by atoms with Crippen molar-refractivity contribution in [2.45, 2.75) is 57.5 Å². The monoisotopic (exact) mass is 301 g/mol. The van der Waals surface area contributed by atoms with Crippen molar-refractivity contribution in [3.63, 3.8) is 0 Å². The summed E-state index contributed by atoms with van der Waals surface area (Å²) in [5.74, 6) is 0. The Kier molecular flexibility index (Phi) is 5.32. The molecule has 0 aromatic carbocycles. The second-order valence-corrected chi connectivity index (χ2v) is 7.56. The maximum atomic E-state index is 12.7. The molecule has 0 aromatic heterocycles. The van der Waals surface area contributed by atoms with E-state index in [2.05, 4.69) is 4.99 Å². The number of rotatable bonds is 3. The van der Waals surface area contributed by atoms with Crippen LogP contribution >= 0.6 is 0 Å². The molecule has 114 valence electrons. The van der Waals surface area contributed by atoms with Gasteiger partial charge in [-0.2, -0.15) is 17.0 Å². The molecule has 0 N–H and O–H groups in total. The lowest BCUT2D eigenvalue weighted by molar-refractivity contribution is 0.228. The fourth-order valence-corrected chi connectivity index (χ4v) is 4.97. The fourth-order valence-electron chi connectivity index (χ4n) is 3.08. The van der Waals surface area contributed by atoms with Crippen LogP contribution in [0.2, 0.25) is 0 Å². The SMILES string of the molecule is CC1CC(N=C=O)CCN1S(=O)(=O)N1CCCCCC1. The lowest BCUT2D eigenvalue weighted by Gasteiger charge is -2.37. The molecule has 0 radical (unpaired) electrons. The minimum absolute atomic E-state index is 0.0851. The highest BCUT2D eigenvalue weighted by Gasteiger charge is 2.37. The molecule has 2 unspecified atom stereocenters. The van der Waals surface area contributed by atoms with Crippen molar-refractivity contribution in [2.75, 3.05) is 19.6 Å². The molecule has 2 rings (SSSR count). The van der Waals surface area contributed by atoms with E-state index in [4.69, 9.17) is 0 Å². The first kappa shape index (κ1) is 15.6. The lowest BCUT2D eigenvalue weighted by atomic mass is 10.0. The summed E-state index contributed by atoms with van der Waals surface area (Å²) in [5.41, 5.74) is 0. The number of aliphatic imine (C=N–C) groups is 1. The van der Waals surface area contributed by atoms with Gasteiger partial charge in [0.15, 0.2) is 0 Å². The molecule has 0 bridgehead atoms. The average molecular weight is 301 g/mol. The first-order valence-corrected chi connectivity index (χ1v) is 8.79. The molecule has 6 nitrogen and oxygen atoms in total. The zero-order valence-electron chi connectivity index (χ0n) is 12.0. The molecule has 0 amide bonds. The number of hydrogen-bond acceptors (Lipinski definition) is 4. The zero-order valence-corrected chi connectivity index (χ0v) is 12.8. The molecule has 2 fully saturated rings. The molecule has 2 heterocycles. The van der Waals surface area contributed by atoms with Crippen molar-refractivity contribution in [3.8, 4) is 0 Å². The van der Waals surface area contributed by atoms with Gasteiger partial charge in [0.2, 0.25) is 6.08 Å². The summed E-state index contributed by atoms with van der Waals surface area (Å²) in [4.78, 5) is 14.0. The predicted octanol–water partition coefficient (Wildman–Crippen LogP) is 1.30. The summed E-state index contributed by atoms with van der Waals surface area (Å²) in [6, 6.07) is -0.197. The molecule has 2 atom stereocenters. The maximum Gasteiger partial charge on any atom is 0.282 e. The van der Waals surface area contributed by atoms with Crippen molar-refractivity contribution in [2.24, 2.45) is 4.99 Å². The van der Waals surface area contributed by atoms with E-state index in [0.29, 0.717) is 32.5 Å². The quantitative estimate of drug-likeness (QED) is 0.582. The van der Waals surface area contributed by atoms with Crippen LogP contribution in [0.5, 0.6) is 0 Å². The van der Waals surface area contributed by atoms with E-state index in [9.17, 15) is 13.2 Å². The van der Waals surface area contributed by atoms with Crippen molar-refractivity contribution in [1.29, 1.82) is 0 Å². The summed E-state index contributed by atoms with van der Waals surface area (Å²) in [7, 11) is -3.37. The number of piperidine rings is 1. The first-order chi connectivity index (χ1) is 9.55. The molecular weight excluding hydrogens is 278 g/mol. The van der Waals surface area contributed by atoms with Gasteiger partial charge >= 0.3 is 0 Å². The van der Waals surface area contributed by atoms with E-state index in [0.717, 1.165) is 25.7 Å². The molecule has 0 saturated carbocycles. The van der Waals surface area contributed by atoms with Gasteiger partial charge in [0, 0.05) is 25.7 Å². The summed E-state index contributed by atoms with van der Waals surface area (Å²) in [5, 5.41) is 0. The van der Waals surface area contributed by atoms with Crippen LogP contribution in [0.4, 0.5) is 0 Å². The third-order valence-electron chi connectivity index (χ3n) is 4.21. The Hall–Kier alpha value is -0.750. The highest BCUT2D eigenvalue weighted by molar-refractivity contribution is 7.86. The Bertz CT molecular complexity index is 465. The second-order valence-electron chi connectivity index (χ2n) is 5.68. The van der Waals surface area contributed by atoms with Gasteiger partial charge in [0.25, 0.3) is 10.2 Å². The van der Waals surface area contributed by atoms with E-state index in [1.807, 2.05) is 6.92 Å². The smallest absolute Gasteiger partial charge is 0.211 e. The predicted molar refractivity (Wildman–Crippen MR) is 76.3 cm³/mol. The molecule has 0 aliphatic carbocycles. The molecule has 0 spiro atoms. The van der Waals surface area contributed by atoms with Crippen molar-refractivity contribution >= 4 is 16.3 Å². The number of carbonyl (C=O) groups excluding carboxylic acids is 1. The summed E-state index contributed by atoms with van der Waals surface area (Å²) in [6.07, 6.45) is 6.89. The summed E-state index contributed by atoms with van der Waals surface area (Å²) >= 11 is 0. The van der Waals surface area contributed by atoms with Crippen molar-refractivity contribution in [3.05, 3.63) is 0 Å². The van der Waals surface area contributed by atoms with Gasteiger partial charge in [-0.25, -0.2) is 9.79 Å². The van der Waals surface area contributed by atoms with Gasteiger partial charge < -0.3 is 0 Å². The Morgan fingerprint density at radius 1 is 1.10 bits per heavy atom. The van der Waals surface area contributed by atoms with Gasteiger partial charge in [-0.3, -0.25) is 0 Å². The summed E-state index contributed by atoms with van der Waals surface area (Å²) < 4.78 is 28.6. The second kappa shape index (κ2) is 6.80. The molecular formula is C13H23N3O3S. The Morgan fingerprint density at radius 2 is 1.75 bits per heavy atom. The minimum atomic E-state index is -3.37. The van der Waals surface area contributed by atoms with Crippen LogP contribution in [0.3, 0.4) is 0 Å². The highest BCUT2D eigenvalue weighted by atomic mass is 32.2. The topological polar surface area (TPSA) is 70.0 Å².